The predicted molar refractivity (Wildman–Crippen MR) is 121 cm³/mol. The van der Waals surface area contributed by atoms with Crippen LogP contribution in [0.25, 0.3) is 0 Å². The number of nitro benzene ring substituents is 1. The van der Waals surface area contributed by atoms with E-state index in [1.807, 2.05) is 34.1 Å². The molecular formula is C24H29N3O5. The number of carbonyl (C=O) groups excluding carboxylic acids is 1. The Kier molecular flexibility index (Phi) is 6.48. The lowest BCUT2D eigenvalue weighted by molar-refractivity contribution is -0.384. The van der Waals surface area contributed by atoms with Crippen LogP contribution in [0.5, 0.6) is 11.5 Å². The first kappa shape index (κ1) is 21.9. The maximum atomic E-state index is 13.4. The van der Waals surface area contributed by atoms with Gasteiger partial charge in [-0.1, -0.05) is 18.2 Å². The molecule has 0 spiro atoms. The number of benzene rings is 2. The van der Waals surface area contributed by atoms with E-state index in [9.17, 15) is 14.9 Å². The summed E-state index contributed by atoms with van der Waals surface area (Å²) in [6.07, 6.45) is 3.29. The SMILES string of the molecule is COc1ccc(C2CCCN2C(=O)C2CCN(c3ccccc3[N+](=O)[O-])CC2)cc1OC. The molecule has 2 heterocycles. The Bertz CT molecular complexity index is 987. The van der Waals surface area contributed by atoms with Gasteiger partial charge in [-0.3, -0.25) is 14.9 Å². The van der Waals surface area contributed by atoms with Crippen molar-refractivity contribution in [1.82, 2.24) is 4.90 Å². The number of nitrogens with zero attached hydrogens (tertiary/aromatic N) is 3. The minimum Gasteiger partial charge on any atom is -0.493 e. The lowest BCUT2D eigenvalue weighted by atomic mass is 9.93. The summed E-state index contributed by atoms with van der Waals surface area (Å²) in [5.41, 5.74) is 1.81. The number of methoxy groups -OCH3 is 2. The predicted octanol–water partition coefficient (Wildman–Crippen LogP) is 4.19. The van der Waals surface area contributed by atoms with Crippen LogP contribution in [0.3, 0.4) is 0 Å². The summed E-state index contributed by atoms with van der Waals surface area (Å²) in [5, 5.41) is 11.4. The van der Waals surface area contributed by atoms with Gasteiger partial charge in [-0.2, -0.15) is 0 Å². The Morgan fingerprint density at radius 1 is 1.00 bits per heavy atom. The standard InChI is InChI=1S/C24H29N3O5/c1-31-22-10-9-18(16-23(22)32-2)19-8-5-13-26(19)24(28)17-11-14-25(15-12-17)20-6-3-4-7-21(20)27(29)30/h3-4,6-7,9-10,16-17,19H,5,8,11-15H2,1-2H3. The zero-order chi connectivity index (χ0) is 22.7. The zero-order valence-electron chi connectivity index (χ0n) is 18.5. The average molecular weight is 440 g/mol. The van der Waals surface area contributed by atoms with Gasteiger partial charge < -0.3 is 19.3 Å². The fourth-order valence-electron chi connectivity index (χ4n) is 4.92. The van der Waals surface area contributed by atoms with Gasteiger partial charge in [0, 0.05) is 31.6 Å². The number of nitro groups is 1. The first-order valence-corrected chi connectivity index (χ1v) is 11.0. The molecule has 170 valence electrons. The Morgan fingerprint density at radius 3 is 2.41 bits per heavy atom. The van der Waals surface area contributed by atoms with E-state index in [2.05, 4.69) is 0 Å². The van der Waals surface area contributed by atoms with E-state index < -0.39 is 0 Å². The third kappa shape index (κ3) is 4.22. The molecule has 32 heavy (non-hydrogen) atoms. The number of anilines is 1. The lowest BCUT2D eigenvalue weighted by Gasteiger charge is -2.36. The van der Waals surface area contributed by atoms with Gasteiger partial charge in [0.2, 0.25) is 5.91 Å². The van der Waals surface area contributed by atoms with Crippen molar-refractivity contribution in [2.45, 2.75) is 31.7 Å². The number of carbonyl (C=O) groups is 1. The molecule has 1 amide bonds. The van der Waals surface area contributed by atoms with E-state index in [0.717, 1.165) is 24.9 Å². The fourth-order valence-corrected chi connectivity index (χ4v) is 4.92. The van der Waals surface area contributed by atoms with Crippen LogP contribution in [0.1, 0.15) is 37.3 Å². The van der Waals surface area contributed by atoms with Crippen LogP contribution in [0.4, 0.5) is 11.4 Å². The first-order chi connectivity index (χ1) is 15.5. The normalized spacial score (nSPS) is 19.1. The molecule has 2 aliphatic rings. The van der Waals surface area contributed by atoms with Crippen molar-refractivity contribution in [2.24, 2.45) is 5.92 Å². The average Bonchev–Trinajstić information content (AvgIpc) is 3.33. The van der Waals surface area contributed by atoms with E-state index in [1.165, 1.54) is 6.07 Å². The molecule has 2 fully saturated rings. The lowest BCUT2D eigenvalue weighted by Crippen LogP contribution is -2.42. The largest absolute Gasteiger partial charge is 0.493 e. The van der Waals surface area contributed by atoms with Crippen LogP contribution >= 0.6 is 0 Å². The Morgan fingerprint density at radius 2 is 1.72 bits per heavy atom. The van der Waals surface area contributed by atoms with E-state index in [1.54, 1.807) is 26.4 Å². The smallest absolute Gasteiger partial charge is 0.292 e. The van der Waals surface area contributed by atoms with Crippen molar-refractivity contribution in [1.29, 1.82) is 0 Å². The molecule has 0 bridgehead atoms. The third-order valence-corrected chi connectivity index (χ3v) is 6.59. The number of rotatable bonds is 6. The summed E-state index contributed by atoms with van der Waals surface area (Å²) in [6, 6.07) is 12.7. The van der Waals surface area contributed by atoms with Gasteiger partial charge in [0.15, 0.2) is 11.5 Å². The minimum atomic E-state index is -0.343. The van der Waals surface area contributed by atoms with Gasteiger partial charge in [0.05, 0.1) is 25.2 Å². The highest BCUT2D eigenvalue weighted by Crippen LogP contribution is 2.39. The monoisotopic (exact) mass is 439 g/mol. The second-order valence-corrected chi connectivity index (χ2v) is 8.31. The van der Waals surface area contributed by atoms with Crippen molar-refractivity contribution in [2.75, 3.05) is 38.8 Å². The molecule has 0 saturated carbocycles. The van der Waals surface area contributed by atoms with Gasteiger partial charge in [-0.25, -0.2) is 0 Å². The third-order valence-electron chi connectivity index (χ3n) is 6.59. The molecule has 0 N–H and O–H groups in total. The van der Waals surface area contributed by atoms with Gasteiger partial charge in [-0.15, -0.1) is 0 Å². The molecular weight excluding hydrogens is 410 g/mol. The second-order valence-electron chi connectivity index (χ2n) is 8.31. The number of hydrogen-bond donors (Lipinski definition) is 0. The van der Waals surface area contributed by atoms with Crippen LogP contribution in [-0.4, -0.2) is 49.6 Å². The quantitative estimate of drug-likeness (QED) is 0.496. The number of para-hydroxylation sites is 2. The Hall–Kier alpha value is -3.29. The highest BCUT2D eigenvalue weighted by Gasteiger charge is 2.36. The van der Waals surface area contributed by atoms with Gasteiger partial charge in [-0.05, 0) is 49.4 Å². The summed E-state index contributed by atoms with van der Waals surface area (Å²) < 4.78 is 10.8. The first-order valence-electron chi connectivity index (χ1n) is 11.0. The molecule has 0 radical (unpaired) electrons. The molecule has 2 saturated heterocycles. The summed E-state index contributed by atoms with van der Waals surface area (Å²) >= 11 is 0. The number of hydrogen-bond acceptors (Lipinski definition) is 6. The maximum Gasteiger partial charge on any atom is 0.292 e. The van der Waals surface area contributed by atoms with Crippen LogP contribution < -0.4 is 14.4 Å². The van der Waals surface area contributed by atoms with Crippen LogP contribution in [-0.2, 0) is 4.79 Å². The zero-order valence-corrected chi connectivity index (χ0v) is 18.5. The summed E-state index contributed by atoms with van der Waals surface area (Å²) in [5.74, 6) is 1.47. The molecule has 2 aliphatic heterocycles. The van der Waals surface area contributed by atoms with E-state index in [-0.39, 0.29) is 28.5 Å². The topological polar surface area (TPSA) is 85.2 Å². The summed E-state index contributed by atoms with van der Waals surface area (Å²) in [4.78, 5) is 28.5. The number of likely N-dealkylation sites (tertiary alicyclic amines) is 1. The molecule has 2 aromatic rings. The summed E-state index contributed by atoms with van der Waals surface area (Å²) in [6.45, 7) is 2.02. The van der Waals surface area contributed by atoms with E-state index >= 15 is 0 Å². The van der Waals surface area contributed by atoms with Crippen molar-refractivity contribution in [3.8, 4) is 11.5 Å². The maximum absolute atomic E-state index is 13.4. The van der Waals surface area contributed by atoms with Gasteiger partial charge in [0.1, 0.15) is 5.69 Å². The van der Waals surface area contributed by atoms with Crippen molar-refractivity contribution in [3.05, 3.63) is 58.1 Å². The fraction of sp³-hybridized carbons (Fsp3) is 0.458. The molecule has 0 aliphatic carbocycles. The molecule has 0 aromatic heterocycles. The molecule has 2 aromatic carbocycles. The molecule has 4 rings (SSSR count). The molecule has 8 nitrogen and oxygen atoms in total. The highest BCUT2D eigenvalue weighted by molar-refractivity contribution is 5.80. The molecule has 8 heteroatoms. The van der Waals surface area contributed by atoms with Crippen LogP contribution in [0, 0.1) is 16.0 Å². The van der Waals surface area contributed by atoms with Crippen molar-refractivity contribution >= 4 is 17.3 Å². The number of ether oxygens (including phenoxy) is 2. The second kappa shape index (κ2) is 9.46. The Balaban J connectivity index is 1.45. The van der Waals surface area contributed by atoms with Gasteiger partial charge >= 0.3 is 0 Å². The van der Waals surface area contributed by atoms with Crippen LogP contribution in [0.15, 0.2) is 42.5 Å². The Labute approximate surface area is 187 Å². The summed E-state index contributed by atoms with van der Waals surface area (Å²) in [7, 11) is 3.23. The van der Waals surface area contributed by atoms with Crippen LogP contribution in [0.2, 0.25) is 0 Å². The van der Waals surface area contributed by atoms with E-state index in [0.29, 0.717) is 43.1 Å². The van der Waals surface area contributed by atoms with Crippen molar-refractivity contribution < 1.29 is 19.2 Å². The number of piperidine rings is 1. The molecule has 1 unspecified atom stereocenters. The molecule has 1 atom stereocenters. The van der Waals surface area contributed by atoms with E-state index in [4.69, 9.17) is 9.47 Å². The highest BCUT2D eigenvalue weighted by atomic mass is 16.6. The minimum absolute atomic E-state index is 0.0375. The van der Waals surface area contributed by atoms with Gasteiger partial charge in [0.25, 0.3) is 5.69 Å². The van der Waals surface area contributed by atoms with Crippen molar-refractivity contribution in [3.63, 3.8) is 0 Å². The number of amides is 1.